The van der Waals surface area contributed by atoms with Crippen LogP contribution in [-0.2, 0) is 4.79 Å². The van der Waals surface area contributed by atoms with Crippen LogP contribution in [-0.4, -0.2) is 5.91 Å². The van der Waals surface area contributed by atoms with Crippen LogP contribution in [0.15, 0.2) is 72.8 Å². The highest BCUT2D eigenvalue weighted by atomic mass is 35.5. The number of halogens is 1. The molecule has 0 aromatic heterocycles. The first-order valence-corrected chi connectivity index (χ1v) is 9.86. The number of hydrogen-bond acceptors (Lipinski definition) is 1. The third-order valence-corrected chi connectivity index (χ3v) is 5.31. The van der Waals surface area contributed by atoms with Crippen molar-refractivity contribution in [3.05, 3.63) is 100 Å². The van der Waals surface area contributed by atoms with E-state index in [2.05, 4.69) is 17.6 Å². The largest absolute Gasteiger partial charge is 0.326 e. The van der Waals surface area contributed by atoms with E-state index in [-0.39, 0.29) is 18.0 Å². The maximum Gasteiger partial charge on any atom is 0.287 e. The number of benzene rings is 3. The number of nitrogens with one attached hydrogen (secondary N) is 1. The Labute approximate surface area is 171 Å². The molecule has 0 fully saturated rings. The zero-order valence-electron chi connectivity index (χ0n) is 16.4. The van der Waals surface area contributed by atoms with Crippen molar-refractivity contribution >= 4 is 23.2 Å². The fourth-order valence-corrected chi connectivity index (χ4v) is 3.64. The van der Waals surface area contributed by atoms with Gasteiger partial charge in [-0.2, -0.15) is 0 Å². The second-order valence-electron chi connectivity index (χ2n) is 7.20. The Morgan fingerprint density at radius 2 is 1.64 bits per heavy atom. The van der Waals surface area contributed by atoms with E-state index in [1.54, 1.807) is 0 Å². The number of quaternary nitrogens is 1. The van der Waals surface area contributed by atoms with Gasteiger partial charge in [-0.3, -0.25) is 4.79 Å². The predicted octanol–water partition coefficient (Wildman–Crippen LogP) is 4.96. The summed E-state index contributed by atoms with van der Waals surface area (Å²) < 4.78 is 0. The van der Waals surface area contributed by atoms with E-state index in [9.17, 15) is 4.79 Å². The lowest BCUT2D eigenvalue weighted by Crippen LogP contribution is -2.87. The van der Waals surface area contributed by atoms with Crippen LogP contribution in [0.5, 0.6) is 0 Å². The van der Waals surface area contributed by atoms with Gasteiger partial charge in [-0.15, -0.1) is 0 Å². The van der Waals surface area contributed by atoms with Gasteiger partial charge in [-0.25, -0.2) is 0 Å². The van der Waals surface area contributed by atoms with Crippen LogP contribution in [0.4, 0.5) is 5.69 Å². The minimum atomic E-state index is -0.382. The second kappa shape index (κ2) is 9.05. The molecule has 144 valence electrons. The summed E-state index contributed by atoms with van der Waals surface area (Å²) in [5, 5.41) is 5.90. The highest BCUT2D eigenvalue weighted by molar-refractivity contribution is 6.31. The van der Waals surface area contributed by atoms with Crippen molar-refractivity contribution in [2.75, 3.05) is 5.32 Å². The zero-order chi connectivity index (χ0) is 20.1. The summed E-state index contributed by atoms with van der Waals surface area (Å²) in [6.45, 7) is 6.10. The molecule has 0 heterocycles. The number of hydrogen-bond donors (Lipinski definition) is 2. The number of anilines is 1. The van der Waals surface area contributed by atoms with Crippen molar-refractivity contribution in [3.63, 3.8) is 0 Å². The molecule has 3 aromatic carbocycles. The fourth-order valence-electron chi connectivity index (χ4n) is 3.33. The molecule has 3 nitrogen and oxygen atoms in total. The molecule has 28 heavy (non-hydrogen) atoms. The standard InChI is InChI=1S/C24H25ClN2O/c1-16-13-14-17(2)22(15-16)27-24(28)23(19-9-5-4-6-10-19)26-18(3)20-11-7-8-12-21(20)25/h4-15,18,23,26H,1-3H3,(H,27,28)/p+1/t18-,23+/m1/s1. The van der Waals surface area contributed by atoms with Crippen LogP contribution < -0.4 is 10.6 Å². The van der Waals surface area contributed by atoms with Gasteiger partial charge in [0, 0.05) is 21.8 Å². The van der Waals surface area contributed by atoms with Crippen LogP contribution in [0, 0.1) is 13.8 Å². The Morgan fingerprint density at radius 1 is 0.964 bits per heavy atom. The molecule has 0 spiro atoms. The maximum atomic E-state index is 13.3. The Bertz CT molecular complexity index is 956. The average Bonchev–Trinajstić information content (AvgIpc) is 2.69. The summed E-state index contributed by atoms with van der Waals surface area (Å²) >= 11 is 6.38. The molecule has 0 saturated carbocycles. The Hall–Kier alpha value is -2.62. The van der Waals surface area contributed by atoms with Gasteiger partial charge < -0.3 is 10.6 Å². The summed E-state index contributed by atoms with van der Waals surface area (Å²) in [6.07, 6.45) is 0. The van der Waals surface area contributed by atoms with Crippen LogP contribution >= 0.6 is 11.6 Å². The van der Waals surface area contributed by atoms with Gasteiger partial charge in [0.15, 0.2) is 6.04 Å². The first kappa shape index (κ1) is 20.1. The van der Waals surface area contributed by atoms with E-state index >= 15 is 0 Å². The molecule has 0 radical (unpaired) electrons. The van der Waals surface area contributed by atoms with E-state index in [4.69, 9.17) is 11.6 Å². The van der Waals surface area contributed by atoms with E-state index in [1.807, 2.05) is 86.6 Å². The lowest BCUT2D eigenvalue weighted by atomic mass is 10.0. The van der Waals surface area contributed by atoms with Gasteiger partial charge in [0.1, 0.15) is 6.04 Å². The summed E-state index contributed by atoms with van der Waals surface area (Å²) in [4.78, 5) is 13.3. The molecule has 3 N–H and O–H groups in total. The monoisotopic (exact) mass is 393 g/mol. The van der Waals surface area contributed by atoms with Crippen molar-refractivity contribution in [2.45, 2.75) is 32.9 Å². The summed E-state index contributed by atoms with van der Waals surface area (Å²) in [6, 6.07) is 23.4. The molecule has 4 heteroatoms. The first-order chi connectivity index (χ1) is 13.5. The summed E-state index contributed by atoms with van der Waals surface area (Å²) in [5.41, 5.74) is 4.99. The van der Waals surface area contributed by atoms with Crippen molar-refractivity contribution < 1.29 is 10.1 Å². The third-order valence-electron chi connectivity index (χ3n) is 4.97. The van der Waals surface area contributed by atoms with E-state index in [0.29, 0.717) is 5.02 Å². The highest BCUT2D eigenvalue weighted by Crippen LogP contribution is 2.22. The molecule has 0 aliphatic rings. The zero-order valence-corrected chi connectivity index (χ0v) is 17.2. The van der Waals surface area contributed by atoms with E-state index in [1.165, 1.54) is 0 Å². The number of aryl methyl sites for hydroxylation is 2. The SMILES string of the molecule is Cc1ccc(C)c(NC(=O)[C@@H]([NH2+][C@H](C)c2ccccc2Cl)c2ccccc2)c1. The summed E-state index contributed by atoms with van der Waals surface area (Å²) in [7, 11) is 0. The fraction of sp³-hybridized carbons (Fsp3) is 0.208. The molecule has 0 bridgehead atoms. The average molecular weight is 394 g/mol. The van der Waals surface area contributed by atoms with E-state index < -0.39 is 0 Å². The molecule has 3 aromatic rings. The number of carbonyl (C=O) groups is 1. The molecular formula is C24H26ClN2O+. The van der Waals surface area contributed by atoms with Crippen molar-refractivity contribution in [1.82, 2.24) is 0 Å². The van der Waals surface area contributed by atoms with Crippen LogP contribution in [0.2, 0.25) is 5.02 Å². The first-order valence-electron chi connectivity index (χ1n) is 9.48. The normalized spacial score (nSPS) is 13.0. The number of carbonyl (C=O) groups excluding carboxylic acids is 1. The van der Waals surface area contributed by atoms with Gasteiger partial charge in [-0.05, 0) is 44.0 Å². The van der Waals surface area contributed by atoms with Crippen molar-refractivity contribution in [1.29, 1.82) is 0 Å². The van der Waals surface area contributed by atoms with Crippen LogP contribution in [0.3, 0.4) is 0 Å². The third kappa shape index (κ3) is 4.80. The smallest absolute Gasteiger partial charge is 0.287 e. The Morgan fingerprint density at radius 3 is 2.36 bits per heavy atom. The second-order valence-corrected chi connectivity index (χ2v) is 7.61. The van der Waals surface area contributed by atoms with Gasteiger partial charge in [0.2, 0.25) is 0 Å². The quantitative estimate of drug-likeness (QED) is 0.610. The molecule has 3 rings (SSSR count). The maximum absolute atomic E-state index is 13.3. The molecular weight excluding hydrogens is 368 g/mol. The lowest BCUT2D eigenvalue weighted by molar-refractivity contribution is -0.718. The van der Waals surface area contributed by atoms with E-state index in [0.717, 1.165) is 27.9 Å². The minimum absolute atomic E-state index is 0.0308. The Balaban J connectivity index is 1.88. The van der Waals surface area contributed by atoms with Crippen LogP contribution in [0.1, 0.15) is 41.3 Å². The van der Waals surface area contributed by atoms with Gasteiger partial charge in [0.25, 0.3) is 5.91 Å². The number of nitrogens with two attached hydrogens (primary N) is 1. The lowest BCUT2D eigenvalue weighted by Gasteiger charge is -2.21. The Kier molecular flexibility index (Phi) is 6.50. The molecule has 0 aliphatic heterocycles. The molecule has 0 unspecified atom stereocenters. The molecule has 1 amide bonds. The topological polar surface area (TPSA) is 45.7 Å². The highest BCUT2D eigenvalue weighted by Gasteiger charge is 2.28. The van der Waals surface area contributed by atoms with Crippen molar-refractivity contribution in [3.8, 4) is 0 Å². The van der Waals surface area contributed by atoms with Gasteiger partial charge in [-0.1, -0.05) is 72.3 Å². The predicted molar refractivity (Wildman–Crippen MR) is 116 cm³/mol. The van der Waals surface area contributed by atoms with Crippen LogP contribution in [0.25, 0.3) is 0 Å². The van der Waals surface area contributed by atoms with Gasteiger partial charge in [0.05, 0.1) is 0 Å². The summed E-state index contributed by atoms with van der Waals surface area (Å²) in [5.74, 6) is -0.0428. The minimum Gasteiger partial charge on any atom is -0.326 e. The number of amides is 1. The van der Waals surface area contributed by atoms with Gasteiger partial charge >= 0.3 is 0 Å². The molecule has 0 aliphatic carbocycles. The van der Waals surface area contributed by atoms with Crippen molar-refractivity contribution in [2.24, 2.45) is 0 Å². The number of rotatable bonds is 6. The molecule has 2 atom stereocenters. The molecule has 0 saturated heterocycles.